The van der Waals surface area contributed by atoms with Crippen molar-refractivity contribution in [2.75, 3.05) is 26.2 Å². The number of halogens is 1. The van der Waals surface area contributed by atoms with E-state index in [0.717, 1.165) is 24.4 Å². The minimum atomic E-state index is -0.963. The van der Waals surface area contributed by atoms with Gasteiger partial charge in [-0.3, -0.25) is 4.79 Å². The smallest absolute Gasteiger partial charge is 0.267 e. The fourth-order valence-corrected chi connectivity index (χ4v) is 4.36. The molecule has 2 heterocycles. The number of likely N-dealkylation sites (tertiary alicyclic amines) is 1. The van der Waals surface area contributed by atoms with E-state index in [0.29, 0.717) is 11.4 Å². The van der Waals surface area contributed by atoms with Gasteiger partial charge in [-0.15, -0.1) is 0 Å². The van der Waals surface area contributed by atoms with Crippen molar-refractivity contribution in [3.05, 3.63) is 34.9 Å². The van der Waals surface area contributed by atoms with E-state index in [9.17, 15) is 4.79 Å². The Balaban J connectivity index is 1.32. The Morgan fingerprint density at radius 1 is 1.26 bits per heavy atom. The largest absolute Gasteiger partial charge is 0.379 e. The second-order valence-corrected chi connectivity index (χ2v) is 8.94. The van der Waals surface area contributed by atoms with E-state index in [4.69, 9.17) is 16.4 Å². The monoisotopic (exact) mass is 389 g/mol. The summed E-state index contributed by atoms with van der Waals surface area (Å²) in [5, 5.41) is 7.93. The maximum absolute atomic E-state index is 12.8. The van der Waals surface area contributed by atoms with Gasteiger partial charge in [-0.1, -0.05) is 41.4 Å². The zero-order valence-corrected chi connectivity index (χ0v) is 16.7. The third-order valence-corrected chi connectivity index (χ3v) is 6.45. The van der Waals surface area contributed by atoms with Gasteiger partial charge in [-0.05, 0) is 51.8 Å². The van der Waals surface area contributed by atoms with E-state index in [1.807, 2.05) is 24.3 Å². The number of oxime groups is 1. The molecule has 0 bridgehead atoms. The maximum Gasteiger partial charge on any atom is 0.267 e. The van der Waals surface area contributed by atoms with E-state index in [2.05, 4.69) is 15.4 Å². The summed E-state index contributed by atoms with van der Waals surface area (Å²) in [6.07, 6.45) is 6.78. The molecular weight excluding hydrogens is 362 g/mol. The van der Waals surface area contributed by atoms with Gasteiger partial charge in [0, 0.05) is 35.5 Å². The first kappa shape index (κ1) is 18.8. The summed E-state index contributed by atoms with van der Waals surface area (Å²) >= 11 is 6.26. The van der Waals surface area contributed by atoms with Crippen molar-refractivity contribution in [1.29, 1.82) is 0 Å². The van der Waals surface area contributed by atoms with Crippen LogP contribution < -0.4 is 5.32 Å². The molecular formula is C21H28ClN3O2. The number of benzene rings is 1. The first-order valence-electron chi connectivity index (χ1n) is 10.0. The molecule has 27 heavy (non-hydrogen) atoms. The van der Waals surface area contributed by atoms with Gasteiger partial charge in [0.15, 0.2) is 0 Å². The number of amides is 1. The molecule has 1 aliphatic carbocycles. The Bertz CT molecular complexity index is 741. The summed E-state index contributed by atoms with van der Waals surface area (Å²) in [5.41, 5.74) is 0.858. The van der Waals surface area contributed by atoms with Crippen LogP contribution in [0.2, 0.25) is 5.02 Å². The molecule has 3 aliphatic rings. The predicted molar refractivity (Wildman–Crippen MR) is 107 cm³/mol. The highest BCUT2D eigenvalue weighted by Gasteiger charge is 2.47. The fraction of sp³-hybridized carbons (Fsp3) is 0.619. The molecule has 1 aromatic rings. The van der Waals surface area contributed by atoms with Gasteiger partial charge < -0.3 is 15.1 Å². The van der Waals surface area contributed by atoms with E-state index < -0.39 is 5.60 Å². The Hall–Kier alpha value is -1.59. The predicted octanol–water partition coefficient (Wildman–Crippen LogP) is 3.61. The molecule has 1 unspecified atom stereocenters. The van der Waals surface area contributed by atoms with Crippen LogP contribution in [0, 0.1) is 5.41 Å². The van der Waals surface area contributed by atoms with Crippen molar-refractivity contribution >= 4 is 23.2 Å². The molecule has 2 aliphatic heterocycles. The molecule has 0 spiro atoms. The quantitative estimate of drug-likeness (QED) is 0.808. The summed E-state index contributed by atoms with van der Waals surface area (Å²) in [7, 11) is 0. The lowest BCUT2D eigenvalue weighted by molar-refractivity contribution is -0.142. The van der Waals surface area contributed by atoms with Crippen LogP contribution in [0.5, 0.6) is 0 Å². The van der Waals surface area contributed by atoms with E-state index in [1.54, 1.807) is 6.92 Å². The Morgan fingerprint density at radius 2 is 2.00 bits per heavy atom. The molecule has 1 saturated carbocycles. The fourth-order valence-electron chi connectivity index (χ4n) is 4.12. The van der Waals surface area contributed by atoms with Gasteiger partial charge in [0.2, 0.25) is 5.60 Å². The summed E-state index contributed by atoms with van der Waals surface area (Å²) in [6.45, 7) is 6.03. The Kier molecular flexibility index (Phi) is 5.17. The molecule has 1 saturated heterocycles. The second-order valence-electron chi connectivity index (χ2n) is 8.54. The van der Waals surface area contributed by atoms with Gasteiger partial charge in [-0.25, -0.2) is 0 Å². The van der Waals surface area contributed by atoms with E-state index in [-0.39, 0.29) is 11.3 Å². The first-order chi connectivity index (χ1) is 13.0. The van der Waals surface area contributed by atoms with Crippen LogP contribution in [-0.2, 0) is 9.63 Å². The second kappa shape index (κ2) is 7.44. The van der Waals surface area contributed by atoms with Crippen molar-refractivity contribution < 1.29 is 9.63 Å². The number of nitrogens with zero attached hydrogens (tertiary/aromatic N) is 2. The zero-order chi connectivity index (χ0) is 18.9. The highest BCUT2D eigenvalue weighted by atomic mass is 35.5. The number of piperidine rings is 1. The molecule has 1 aromatic carbocycles. The van der Waals surface area contributed by atoms with Crippen LogP contribution in [0.25, 0.3) is 0 Å². The molecule has 1 N–H and O–H groups in total. The van der Waals surface area contributed by atoms with Crippen LogP contribution in [0.15, 0.2) is 29.4 Å². The van der Waals surface area contributed by atoms with Gasteiger partial charge >= 0.3 is 0 Å². The molecule has 1 atom stereocenters. The highest BCUT2D eigenvalue weighted by Crippen LogP contribution is 2.46. The van der Waals surface area contributed by atoms with Gasteiger partial charge in [0.1, 0.15) is 0 Å². The van der Waals surface area contributed by atoms with Crippen molar-refractivity contribution in [3.8, 4) is 0 Å². The van der Waals surface area contributed by atoms with Gasteiger partial charge in [0.25, 0.3) is 5.91 Å². The topological polar surface area (TPSA) is 53.9 Å². The number of carbonyl (C=O) groups excluding carboxylic acids is 1. The van der Waals surface area contributed by atoms with Crippen LogP contribution in [0.1, 0.15) is 51.0 Å². The third kappa shape index (κ3) is 4.14. The van der Waals surface area contributed by atoms with Crippen molar-refractivity contribution in [2.24, 2.45) is 10.6 Å². The standard InChI is InChI=1S/C21H28ClN3O2/c1-20(13-18(24-27-20)16-7-3-4-8-17(16)22)19(26)23-14-21(9-10-21)15-25-11-5-2-6-12-25/h3-4,7-8H,2,5-6,9-15H2,1H3,(H,23,26). The van der Waals surface area contributed by atoms with Crippen LogP contribution in [-0.4, -0.2) is 48.3 Å². The lowest BCUT2D eigenvalue weighted by atomic mass is 9.94. The van der Waals surface area contributed by atoms with Crippen LogP contribution >= 0.6 is 11.6 Å². The number of carbonyl (C=O) groups is 1. The molecule has 4 rings (SSSR count). The minimum Gasteiger partial charge on any atom is -0.379 e. The van der Waals surface area contributed by atoms with Crippen molar-refractivity contribution in [2.45, 2.75) is 51.0 Å². The molecule has 146 valence electrons. The minimum absolute atomic E-state index is 0.0850. The van der Waals surface area contributed by atoms with Crippen molar-refractivity contribution in [1.82, 2.24) is 10.2 Å². The molecule has 2 fully saturated rings. The first-order valence-corrected chi connectivity index (χ1v) is 10.4. The summed E-state index contributed by atoms with van der Waals surface area (Å²) < 4.78 is 0. The van der Waals surface area contributed by atoms with Crippen molar-refractivity contribution in [3.63, 3.8) is 0 Å². The SMILES string of the molecule is CC1(C(=O)NCC2(CN3CCCCC3)CC2)CC(c2ccccc2Cl)=NO1. The van der Waals surface area contributed by atoms with Crippen LogP contribution in [0.3, 0.4) is 0 Å². The molecule has 6 heteroatoms. The number of hydrogen-bond acceptors (Lipinski definition) is 4. The summed E-state index contributed by atoms with van der Waals surface area (Å²) in [4.78, 5) is 21.0. The zero-order valence-electron chi connectivity index (χ0n) is 16.0. The van der Waals surface area contributed by atoms with E-state index >= 15 is 0 Å². The van der Waals surface area contributed by atoms with Gasteiger partial charge in [0.05, 0.1) is 5.71 Å². The highest BCUT2D eigenvalue weighted by molar-refractivity contribution is 6.34. The summed E-state index contributed by atoms with van der Waals surface area (Å²) in [5.74, 6) is -0.0850. The maximum atomic E-state index is 12.8. The van der Waals surface area contributed by atoms with E-state index in [1.165, 1.54) is 45.2 Å². The average Bonchev–Trinajstić information content (AvgIpc) is 3.32. The number of hydrogen-bond donors (Lipinski definition) is 1. The third-order valence-electron chi connectivity index (χ3n) is 6.12. The number of rotatable bonds is 6. The average molecular weight is 390 g/mol. The summed E-state index contributed by atoms with van der Waals surface area (Å²) in [6, 6.07) is 7.53. The normalized spacial score (nSPS) is 27.0. The Labute approximate surface area is 166 Å². The Morgan fingerprint density at radius 3 is 2.70 bits per heavy atom. The lowest BCUT2D eigenvalue weighted by Crippen LogP contribution is -2.48. The lowest BCUT2D eigenvalue weighted by Gasteiger charge is -2.31. The molecule has 0 aromatic heterocycles. The van der Waals surface area contributed by atoms with Gasteiger partial charge in [-0.2, -0.15) is 0 Å². The molecule has 0 radical (unpaired) electrons. The molecule has 1 amide bonds. The molecule has 5 nitrogen and oxygen atoms in total. The number of nitrogens with one attached hydrogen (secondary N) is 1. The van der Waals surface area contributed by atoms with Crippen LogP contribution in [0.4, 0.5) is 0 Å².